The minimum Gasteiger partial charge on any atom is -0.353 e. The molecule has 2 heteroatoms. The molecule has 0 unspecified atom stereocenters. The highest BCUT2D eigenvalue weighted by Crippen LogP contribution is 1.90. The Morgan fingerprint density at radius 1 is 1.10 bits per heavy atom. The van der Waals surface area contributed by atoms with Crippen molar-refractivity contribution in [3.05, 3.63) is 13.2 Å². The Morgan fingerprint density at radius 2 is 1.40 bits per heavy atom. The fraction of sp³-hybridized carbons (Fsp3) is 0.750. The van der Waals surface area contributed by atoms with Crippen LogP contribution < -0.4 is 0 Å². The first-order chi connectivity index (χ1) is 4.81. The zero-order valence-corrected chi connectivity index (χ0v) is 7.22. The van der Waals surface area contributed by atoms with Crippen LogP contribution in [0.5, 0.6) is 0 Å². The monoisotopic (exact) mass is 146 g/mol. The smallest absolute Gasteiger partial charge is 0.154 e. The summed E-state index contributed by atoms with van der Waals surface area (Å²) in [5, 5.41) is 0. The molecular formula is C8H18O2. The summed E-state index contributed by atoms with van der Waals surface area (Å²) in [6, 6.07) is 0. The van der Waals surface area contributed by atoms with Gasteiger partial charge in [0.05, 0.1) is 0 Å². The van der Waals surface area contributed by atoms with E-state index in [1.165, 1.54) is 0 Å². The first-order valence-corrected chi connectivity index (χ1v) is 3.54. The molecule has 0 spiro atoms. The van der Waals surface area contributed by atoms with Gasteiger partial charge in [0.2, 0.25) is 0 Å². The van der Waals surface area contributed by atoms with Gasteiger partial charge in [-0.05, 0) is 20.8 Å². The molecule has 62 valence electrons. The summed E-state index contributed by atoms with van der Waals surface area (Å²) in [6.45, 7) is 13.3. The van der Waals surface area contributed by atoms with Crippen LogP contribution in [0.4, 0.5) is 0 Å². The lowest BCUT2D eigenvalue weighted by Gasteiger charge is -2.09. The molecule has 0 aliphatic carbocycles. The van der Waals surface area contributed by atoms with Crippen molar-refractivity contribution in [2.75, 3.05) is 13.2 Å². The Morgan fingerprint density at radius 3 is 1.60 bits per heavy atom. The molecule has 2 nitrogen and oxygen atoms in total. The maximum absolute atomic E-state index is 5.06. The van der Waals surface area contributed by atoms with Crippen molar-refractivity contribution in [3.63, 3.8) is 0 Å². The molecule has 10 heavy (non-hydrogen) atoms. The van der Waals surface area contributed by atoms with Crippen LogP contribution in [-0.4, -0.2) is 19.5 Å². The predicted octanol–water partition coefficient (Wildman–Crippen LogP) is 2.21. The van der Waals surface area contributed by atoms with Gasteiger partial charge in [-0.25, -0.2) is 0 Å². The number of ether oxygens (including phenoxy) is 2. The lowest BCUT2D eigenvalue weighted by molar-refractivity contribution is -0.123. The van der Waals surface area contributed by atoms with Crippen LogP contribution in [0.2, 0.25) is 0 Å². The third kappa shape index (κ3) is 10.6. The van der Waals surface area contributed by atoms with Gasteiger partial charge in [0, 0.05) is 13.2 Å². The number of rotatable bonds is 4. The Bertz CT molecular complexity index is 49.2. The van der Waals surface area contributed by atoms with Crippen molar-refractivity contribution in [2.24, 2.45) is 0 Å². The summed E-state index contributed by atoms with van der Waals surface area (Å²) >= 11 is 0. The van der Waals surface area contributed by atoms with Gasteiger partial charge in [-0.1, -0.05) is 0 Å². The minimum absolute atomic E-state index is 0.0370. The quantitative estimate of drug-likeness (QED) is 0.447. The molecular weight excluding hydrogens is 128 g/mol. The molecule has 0 saturated heterocycles. The largest absolute Gasteiger partial charge is 0.353 e. The van der Waals surface area contributed by atoms with Gasteiger partial charge in [-0.3, -0.25) is 0 Å². The highest BCUT2D eigenvalue weighted by atomic mass is 16.7. The van der Waals surface area contributed by atoms with Crippen LogP contribution in [0.3, 0.4) is 0 Å². The lowest BCUT2D eigenvalue weighted by atomic mass is 10.7. The van der Waals surface area contributed by atoms with E-state index < -0.39 is 0 Å². The van der Waals surface area contributed by atoms with E-state index in [0.29, 0.717) is 0 Å². The van der Waals surface area contributed by atoms with E-state index in [1.807, 2.05) is 20.8 Å². The number of hydrogen-bond donors (Lipinski definition) is 0. The fourth-order valence-electron chi connectivity index (χ4n) is 0.518. The molecule has 0 rings (SSSR count). The van der Waals surface area contributed by atoms with Gasteiger partial charge in [0.25, 0.3) is 0 Å². The van der Waals surface area contributed by atoms with Gasteiger partial charge in [0.1, 0.15) is 0 Å². The second-order valence-electron chi connectivity index (χ2n) is 1.48. The van der Waals surface area contributed by atoms with Crippen LogP contribution in [0.15, 0.2) is 13.2 Å². The van der Waals surface area contributed by atoms with E-state index in [1.54, 1.807) is 0 Å². The van der Waals surface area contributed by atoms with Crippen molar-refractivity contribution in [2.45, 2.75) is 27.1 Å². The van der Waals surface area contributed by atoms with Crippen molar-refractivity contribution in [1.82, 2.24) is 0 Å². The van der Waals surface area contributed by atoms with Crippen LogP contribution in [0.1, 0.15) is 20.8 Å². The molecule has 0 aliphatic heterocycles. The Kier molecular flexibility index (Phi) is 14.1. The van der Waals surface area contributed by atoms with Gasteiger partial charge in [0.15, 0.2) is 6.29 Å². The molecule has 0 atom stereocenters. The standard InChI is InChI=1S/C6H14O2.C2H4/c1-4-7-6(3)8-5-2;1-2/h6H,4-5H2,1-3H3;1-2H2. The van der Waals surface area contributed by atoms with E-state index in [-0.39, 0.29) is 6.29 Å². The van der Waals surface area contributed by atoms with Crippen LogP contribution in [-0.2, 0) is 9.47 Å². The molecule has 0 bridgehead atoms. The molecule has 0 aromatic heterocycles. The summed E-state index contributed by atoms with van der Waals surface area (Å²) < 4.78 is 10.1. The Balaban J connectivity index is 0. The maximum Gasteiger partial charge on any atom is 0.154 e. The molecule has 0 amide bonds. The highest BCUT2D eigenvalue weighted by Gasteiger charge is 1.94. The van der Waals surface area contributed by atoms with Gasteiger partial charge in [-0.15, -0.1) is 13.2 Å². The van der Waals surface area contributed by atoms with E-state index in [0.717, 1.165) is 13.2 Å². The highest BCUT2D eigenvalue weighted by molar-refractivity contribution is 4.26. The molecule has 0 aromatic rings. The average Bonchev–Trinajstić information content (AvgIpc) is 1.93. The van der Waals surface area contributed by atoms with Crippen LogP contribution >= 0.6 is 0 Å². The van der Waals surface area contributed by atoms with Crippen molar-refractivity contribution in [3.8, 4) is 0 Å². The molecule has 0 N–H and O–H groups in total. The summed E-state index contributed by atoms with van der Waals surface area (Å²) in [6.07, 6.45) is -0.0370. The first-order valence-electron chi connectivity index (χ1n) is 3.54. The van der Waals surface area contributed by atoms with Crippen molar-refractivity contribution in [1.29, 1.82) is 0 Å². The molecule has 0 saturated carbocycles. The van der Waals surface area contributed by atoms with Gasteiger partial charge in [-0.2, -0.15) is 0 Å². The van der Waals surface area contributed by atoms with Gasteiger partial charge < -0.3 is 9.47 Å². The average molecular weight is 146 g/mol. The van der Waals surface area contributed by atoms with E-state index in [4.69, 9.17) is 9.47 Å². The fourth-order valence-corrected chi connectivity index (χ4v) is 0.518. The van der Waals surface area contributed by atoms with Crippen molar-refractivity contribution >= 4 is 0 Å². The van der Waals surface area contributed by atoms with E-state index in [9.17, 15) is 0 Å². The second-order valence-corrected chi connectivity index (χ2v) is 1.48. The van der Waals surface area contributed by atoms with Crippen LogP contribution in [0, 0.1) is 0 Å². The maximum atomic E-state index is 5.06. The van der Waals surface area contributed by atoms with Gasteiger partial charge >= 0.3 is 0 Å². The predicted molar refractivity (Wildman–Crippen MR) is 44.0 cm³/mol. The minimum atomic E-state index is -0.0370. The van der Waals surface area contributed by atoms with Crippen LogP contribution in [0.25, 0.3) is 0 Å². The summed E-state index contributed by atoms with van der Waals surface area (Å²) in [7, 11) is 0. The topological polar surface area (TPSA) is 18.5 Å². The zero-order valence-electron chi connectivity index (χ0n) is 7.22. The summed E-state index contributed by atoms with van der Waals surface area (Å²) in [4.78, 5) is 0. The summed E-state index contributed by atoms with van der Waals surface area (Å²) in [5.41, 5.74) is 0. The molecule has 0 fully saturated rings. The third-order valence-electron chi connectivity index (χ3n) is 0.803. The third-order valence-corrected chi connectivity index (χ3v) is 0.803. The normalized spacial score (nSPS) is 8.80. The summed E-state index contributed by atoms with van der Waals surface area (Å²) in [5.74, 6) is 0. The molecule has 0 aliphatic rings. The zero-order chi connectivity index (χ0) is 8.41. The Labute approximate surface area is 63.8 Å². The lowest BCUT2D eigenvalue weighted by Crippen LogP contribution is -2.11. The Hall–Kier alpha value is -0.340. The first kappa shape index (κ1) is 12.3. The van der Waals surface area contributed by atoms with E-state index in [2.05, 4.69) is 13.2 Å². The van der Waals surface area contributed by atoms with Crippen molar-refractivity contribution < 1.29 is 9.47 Å². The molecule has 0 aromatic carbocycles. The SMILES string of the molecule is C=C.CCOC(C)OCC. The number of hydrogen-bond acceptors (Lipinski definition) is 2. The second kappa shape index (κ2) is 11.5. The molecule has 0 heterocycles. The molecule has 0 radical (unpaired) electrons. The van der Waals surface area contributed by atoms with E-state index >= 15 is 0 Å².